The van der Waals surface area contributed by atoms with E-state index in [0.29, 0.717) is 0 Å². The van der Waals surface area contributed by atoms with Crippen molar-refractivity contribution in [2.75, 3.05) is 6.61 Å². The van der Waals surface area contributed by atoms with Gasteiger partial charge >= 0.3 is 0 Å². The normalized spacial score (nSPS) is 36.5. The van der Waals surface area contributed by atoms with Crippen LogP contribution in [0.4, 0.5) is 0 Å². The Labute approximate surface area is 172 Å². The summed E-state index contributed by atoms with van der Waals surface area (Å²) in [4.78, 5) is 0.0417. The predicted octanol–water partition coefficient (Wildman–Crippen LogP) is 2.55. The van der Waals surface area contributed by atoms with E-state index in [9.17, 15) is 8.42 Å². The number of benzene rings is 1. The fourth-order valence-electron chi connectivity index (χ4n) is 3.59. The van der Waals surface area contributed by atoms with Crippen molar-refractivity contribution in [2.24, 2.45) is 0 Å². The van der Waals surface area contributed by atoms with E-state index in [0.717, 1.165) is 4.47 Å². The smallest absolute Gasteiger partial charge is 0.297 e. The summed E-state index contributed by atoms with van der Waals surface area (Å²) >= 11 is 3.29. The van der Waals surface area contributed by atoms with Crippen molar-refractivity contribution in [1.82, 2.24) is 0 Å². The van der Waals surface area contributed by atoms with Crippen LogP contribution in [0.2, 0.25) is 0 Å². The van der Waals surface area contributed by atoms with Crippen molar-refractivity contribution >= 4 is 26.0 Å². The second kappa shape index (κ2) is 6.98. The van der Waals surface area contributed by atoms with Crippen molar-refractivity contribution < 1.29 is 36.3 Å². The lowest BCUT2D eigenvalue weighted by atomic mass is 10.1. The summed E-state index contributed by atoms with van der Waals surface area (Å²) in [6.07, 6.45) is -3.64. The average Bonchev–Trinajstić information content (AvgIpc) is 3.18. The maximum absolute atomic E-state index is 12.9. The summed E-state index contributed by atoms with van der Waals surface area (Å²) in [6, 6.07) is 6.21. The Bertz CT molecular complexity index is 838. The molecular formula is C18H23BrO8S. The highest BCUT2D eigenvalue weighted by Gasteiger charge is 2.60. The number of rotatable bonds is 4. The molecule has 5 atom stereocenters. The molecule has 8 nitrogen and oxygen atoms in total. The number of hydrogen-bond donors (Lipinski definition) is 0. The van der Waals surface area contributed by atoms with Crippen LogP contribution in [-0.4, -0.2) is 57.3 Å². The first kappa shape index (κ1) is 20.7. The molecule has 10 heteroatoms. The van der Waals surface area contributed by atoms with Crippen molar-refractivity contribution in [2.45, 2.75) is 74.9 Å². The third-order valence-corrected chi connectivity index (χ3v) is 6.62. The Morgan fingerprint density at radius 1 is 1.00 bits per heavy atom. The minimum atomic E-state index is -4.06. The molecule has 0 N–H and O–H groups in total. The van der Waals surface area contributed by atoms with Crippen molar-refractivity contribution in [3.05, 3.63) is 28.7 Å². The first-order chi connectivity index (χ1) is 13.0. The summed E-state index contributed by atoms with van der Waals surface area (Å²) in [6.45, 7) is 7.30. The first-order valence-electron chi connectivity index (χ1n) is 8.98. The second-order valence-corrected chi connectivity index (χ2v) is 10.4. The Hall–Kier alpha value is -0.590. The number of ether oxygens (including phenoxy) is 5. The molecule has 1 aromatic rings. The zero-order valence-electron chi connectivity index (χ0n) is 16.0. The third-order valence-electron chi connectivity index (χ3n) is 4.76. The minimum Gasteiger partial charge on any atom is -0.348 e. The van der Waals surface area contributed by atoms with Crippen LogP contribution in [-0.2, 0) is 38.0 Å². The molecule has 0 amide bonds. The minimum absolute atomic E-state index is 0.0417. The van der Waals surface area contributed by atoms with Gasteiger partial charge in [-0.15, -0.1) is 0 Å². The molecule has 4 rings (SSSR count). The SMILES string of the molecule is CC1(C)OCC(C2OC3OC(C)(C)OC3C2OS(=O)(=O)c2ccc(Br)cc2)O1. The second-order valence-electron chi connectivity index (χ2n) is 7.91. The van der Waals surface area contributed by atoms with Crippen molar-refractivity contribution in [1.29, 1.82) is 0 Å². The van der Waals surface area contributed by atoms with Gasteiger partial charge in [0, 0.05) is 4.47 Å². The molecule has 1 aromatic carbocycles. The zero-order valence-corrected chi connectivity index (χ0v) is 18.4. The molecule has 3 aliphatic rings. The Kier molecular flexibility index (Phi) is 5.16. The summed E-state index contributed by atoms with van der Waals surface area (Å²) in [7, 11) is -4.06. The largest absolute Gasteiger partial charge is 0.348 e. The summed E-state index contributed by atoms with van der Waals surface area (Å²) in [5.74, 6) is -1.70. The van der Waals surface area contributed by atoms with Gasteiger partial charge < -0.3 is 23.7 Å². The van der Waals surface area contributed by atoms with Gasteiger partial charge in [-0.05, 0) is 52.0 Å². The lowest BCUT2D eigenvalue weighted by Gasteiger charge is -2.28. The maximum Gasteiger partial charge on any atom is 0.297 e. The van der Waals surface area contributed by atoms with E-state index in [1.165, 1.54) is 12.1 Å². The van der Waals surface area contributed by atoms with E-state index in [2.05, 4.69) is 15.9 Å². The zero-order chi connectivity index (χ0) is 20.3. The molecule has 5 unspecified atom stereocenters. The van der Waals surface area contributed by atoms with E-state index in [1.54, 1.807) is 39.8 Å². The van der Waals surface area contributed by atoms with Crippen LogP contribution >= 0.6 is 15.9 Å². The highest BCUT2D eigenvalue weighted by molar-refractivity contribution is 9.10. The van der Waals surface area contributed by atoms with Gasteiger partial charge in [0.05, 0.1) is 11.5 Å². The van der Waals surface area contributed by atoms with Gasteiger partial charge in [0.25, 0.3) is 10.1 Å². The van der Waals surface area contributed by atoms with Crippen LogP contribution in [0.1, 0.15) is 27.7 Å². The maximum atomic E-state index is 12.9. The average molecular weight is 479 g/mol. The van der Waals surface area contributed by atoms with Gasteiger partial charge in [-0.25, -0.2) is 0 Å². The number of halogens is 1. The number of fused-ring (bicyclic) bond motifs is 1. The summed E-state index contributed by atoms with van der Waals surface area (Å²) in [5.41, 5.74) is 0. The van der Waals surface area contributed by atoms with Crippen LogP contribution < -0.4 is 0 Å². The molecule has 0 aromatic heterocycles. The molecule has 3 fully saturated rings. The van der Waals surface area contributed by atoms with E-state index in [-0.39, 0.29) is 11.5 Å². The van der Waals surface area contributed by atoms with Gasteiger partial charge in [-0.1, -0.05) is 15.9 Å². The van der Waals surface area contributed by atoms with Gasteiger partial charge in [0.15, 0.2) is 17.9 Å². The molecule has 3 heterocycles. The lowest BCUT2D eigenvalue weighted by Crippen LogP contribution is -2.45. The van der Waals surface area contributed by atoms with Gasteiger partial charge in [-0.3, -0.25) is 4.18 Å². The Morgan fingerprint density at radius 2 is 1.68 bits per heavy atom. The molecule has 3 saturated heterocycles. The van der Waals surface area contributed by atoms with Crippen LogP contribution in [0.25, 0.3) is 0 Å². The first-order valence-corrected chi connectivity index (χ1v) is 11.2. The van der Waals surface area contributed by atoms with E-state index >= 15 is 0 Å². The monoisotopic (exact) mass is 478 g/mol. The van der Waals surface area contributed by atoms with E-state index in [4.69, 9.17) is 27.9 Å². The molecule has 0 aliphatic carbocycles. The van der Waals surface area contributed by atoms with Crippen molar-refractivity contribution in [3.63, 3.8) is 0 Å². The lowest BCUT2D eigenvalue weighted by molar-refractivity contribution is -0.230. The fraction of sp³-hybridized carbons (Fsp3) is 0.667. The molecule has 0 spiro atoms. The van der Waals surface area contributed by atoms with Crippen LogP contribution in [0, 0.1) is 0 Å². The van der Waals surface area contributed by atoms with E-state index < -0.39 is 52.4 Å². The topological polar surface area (TPSA) is 89.5 Å². The summed E-state index contributed by atoms with van der Waals surface area (Å²) in [5, 5.41) is 0. The summed E-state index contributed by atoms with van der Waals surface area (Å²) < 4.78 is 61.2. The van der Waals surface area contributed by atoms with Crippen LogP contribution in [0.5, 0.6) is 0 Å². The molecule has 0 radical (unpaired) electrons. The molecule has 0 saturated carbocycles. The van der Waals surface area contributed by atoms with Crippen LogP contribution in [0.15, 0.2) is 33.6 Å². The molecular weight excluding hydrogens is 456 g/mol. The highest BCUT2D eigenvalue weighted by Crippen LogP contribution is 2.42. The molecule has 3 aliphatic heterocycles. The van der Waals surface area contributed by atoms with Gasteiger partial charge in [0.2, 0.25) is 0 Å². The number of hydrogen-bond acceptors (Lipinski definition) is 8. The molecule has 156 valence electrons. The van der Waals surface area contributed by atoms with Crippen LogP contribution in [0.3, 0.4) is 0 Å². The Morgan fingerprint density at radius 3 is 2.29 bits per heavy atom. The molecule has 28 heavy (non-hydrogen) atoms. The predicted molar refractivity (Wildman–Crippen MR) is 99.8 cm³/mol. The van der Waals surface area contributed by atoms with Crippen molar-refractivity contribution in [3.8, 4) is 0 Å². The molecule has 0 bridgehead atoms. The standard InChI is InChI=1S/C18H23BrO8S/c1-17(2)22-9-12(24-17)13-14(15-16(23-13)26-18(3,4)25-15)27-28(20,21)11-7-5-10(19)6-8-11/h5-8,12-16H,9H2,1-4H3. The quantitative estimate of drug-likeness (QED) is 0.609. The van der Waals surface area contributed by atoms with Gasteiger partial charge in [0.1, 0.15) is 24.4 Å². The highest BCUT2D eigenvalue weighted by atomic mass is 79.9. The van der Waals surface area contributed by atoms with E-state index in [1.807, 2.05) is 0 Å². The Balaban J connectivity index is 1.61. The van der Waals surface area contributed by atoms with Gasteiger partial charge in [-0.2, -0.15) is 8.42 Å². The third kappa shape index (κ3) is 4.01. The fourth-order valence-corrected chi connectivity index (χ4v) is 4.95.